The summed E-state index contributed by atoms with van der Waals surface area (Å²) < 4.78 is 27.8. The molecule has 1 N–H and O–H groups in total. The molecule has 176 valence electrons. The topological polar surface area (TPSA) is 90.0 Å². The SMILES string of the molecule is CN(C)c1ccc(S(=O)(=O)N2CCCCC2)cc1NC(=O)C1CCCN(C(=O)C2CC2)C1. The summed E-state index contributed by atoms with van der Waals surface area (Å²) in [7, 11) is 0.123. The number of anilines is 2. The van der Waals surface area contributed by atoms with Crippen LogP contribution < -0.4 is 10.2 Å². The molecule has 1 aromatic carbocycles. The average molecular weight is 463 g/mol. The number of amides is 2. The van der Waals surface area contributed by atoms with Crippen LogP contribution in [0.2, 0.25) is 0 Å². The molecular formula is C23H34N4O4S. The van der Waals surface area contributed by atoms with E-state index in [4.69, 9.17) is 0 Å². The summed E-state index contributed by atoms with van der Waals surface area (Å²) in [6.07, 6.45) is 6.23. The highest BCUT2D eigenvalue weighted by Gasteiger charge is 2.37. The highest BCUT2D eigenvalue weighted by atomic mass is 32.2. The second-order valence-electron chi connectivity index (χ2n) is 9.43. The quantitative estimate of drug-likeness (QED) is 0.702. The Morgan fingerprint density at radius 3 is 2.34 bits per heavy atom. The molecule has 0 radical (unpaired) electrons. The van der Waals surface area contributed by atoms with Gasteiger partial charge in [-0.2, -0.15) is 4.31 Å². The maximum Gasteiger partial charge on any atom is 0.243 e. The number of nitrogens with one attached hydrogen (secondary N) is 1. The first-order valence-corrected chi connectivity index (χ1v) is 13.1. The molecule has 2 heterocycles. The number of benzene rings is 1. The van der Waals surface area contributed by atoms with Crippen molar-refractivity contribution in [2.75, 3.05) is 50.5 Å². The maximum absolute atomic E-state index is 13.2. The van der Waals surface area contributed by atoms with Crippen LogP contribution in [0.4, 0.5) is 11.4 Å². The van der Waals surface area contributed by atoms with Gasteiger partial charge in [-0.1, -0.05) is 6.42 Å². The van der Waals surface area contributed by atoms with Crippen molar-refractivity contribution in [3.8, 4) is 0 Å². The molecule has 3 fully saturated rings. The molecule has 9 heteroatoms. The number of hydrogen-bond donors (Lipinski definition) is 1. The average Bonchev–Trinajstić information content (AvgIpc) is 3.64. The van der Waals surface area contributed by atoms with Crippen LogP contribution in [0.5, 0.6) is 0 Å². The first kappa shape index (κ1) is 23.0. The first-order chi connectivity index (χ1) is 15.3. The van der Waals surface area contributed by atoms with Crippen LogP contribution in [0.15, 0.2) is 23.1 Å². The summed E-state index contributed by atoms with van der Waals surface area (Å²) >= 11 is 0. The van der Waals surface area contributed by atoms with E-state index in [-0.39, 0.29) is 28.5 Å². The Bertz CT molecular complexity index is 968. The summed E-state index contributed by atoms with van der Waals surface area (Å²) in [5.41, 5.74) is 1.24. The van der Waals surface area contributed by atoms with Gasteiger partial charge in [0, 0.05) is 46.2 Å². The lowest BCUT2D eigenvalue weighted by Crippen LogP contribution is -2.44. The maximum atomic E-state index is 13.2. The monoisotopic (exact) mass is 462 g/mol. The molecule has 1 aliphatic carbocycles. The van der Waals surface area contributed by atoms with Crippen LogP contribution in [-0.2, 0) is 19.6 Å². The number of rotatable bonds is 6. The third-order valence-electron chi connectivity index (χ3n) is 6.69. The van der Waals surface area contributed by atoms with Gasteiger partial charge in [-0.15, -0.1) is 0 Å². The van der Waals surface area contributed by atoms with Crippen molar-refractivity contribution in [1.29, 1.82) is 0 Å². The largest absolute Gasteiger partial charge is 0.376 e. The lowest BCUT2D eigenvalue weighted by molar-refractivity contribution is -0.135. The third-order valence-corrected chi connectivity index (χ3v) is 8.59. The Balaban J connectivity index is 1.53. The molecule has 1 aromatic rings. The highest BCUT2D eigenvalue weighted by molar-refractivity contribution is 7.89. The molecule has 0 spiro atoms. The third kappa shape index (κ3) is 4.93. The first-order valence-electron chi connectivity index (χ1n) is 11.7. The Morgan fingerprint density at radius 1 is 0.969 bits per heavy atom. The van der Waals surface area contributed by atoms with Gasteiger partial charge in [0.2, 0.25) is 21.8 Å². The van der Waals surface area contributed by atoms with E-state index in [1.165, 1.54) is 4.31 Å². The Hall–Kier alpha value is -2.13. The summed E-state index contributed by atoms with van der Waals surface area (Å²) in [5.74, 6) is -0.127. The number of carbonyl (C=O) groups is 2. The number of sulfonamides is 1. The number of nitrogens with zero attached hydrogens (tertiary/aromatic N) is 3. The second kappa shape index (κ2) is 9.39. The van der Waals surface area contributed by atoms with Gasteiger partial charge in [0.15, 0.2) is 0 Å². The standard InChI is InChI=1S/C23H34N4O4S/c1-25(2)21-11-10-19(32(30,31)27-13-4-3-5-14-27)15-20(21)24-22(28)18-7-6-12-26(16-18)23(29)17-8-9-17/h10-11,15,17-18H,3-9,12-14,16H2,1-2H3,(H,24,28). The predicted molar refractivity (Wildman–Crippen MR) is 124 cm³/mol. The van der Waals surface area contributed by atoms with Gasteiger partial charge in [0.05, 0.1) is 22.2 Å². The summed E-state index contributed by atoms with van der Waals surface area (Å²) in [4.78, 5) is 29.5. The minimum atomic E-state index is -3.60. The Kier molecular flexibility index (Phi) is 6.76. The van der Waals surface area contributed by atoms with Crippen LogP contribution in [0.1, 0.15) is 44.9 Å². The second-order valence-corrected chi connectivity index (χ2v) is 11.4. The van der Waals surface area contributed by atoms with Crippen molar-refractivity contribution < 1.29 is 18.0 Å². The summed E-state index contributed by atoms with van der Waals surface area (Å²) in [6, 6.07) is 4.94. The van der Waals surface area contributed by atoms with E-state index in [0.29, 0.717) is 31.9 Å². The zero-order chi connectivity index (χ0) is 22.9. The van der Waals surface area contributed by atoms with Crippen LogP contribution >= 0.6 is 0 Å². The molecule has 8 nitrogen and oxygen atoms in total. The smallest absolute Gasteiger partial charge is 0.243 e. The number of piperidine rings is 2. The van der Waals surface area contributed by atoms with Crippen molar-refractivity contribution in [2.24, 2.45) is 11.8 Å². The lowest BCUT2D eigenvalue weighted by Gasteiger charge is -2.32. The molecule has 4 rings (SSSR count). The molecule has 0 aromatic heterocycles. The van der Waals surface area contributed by atoms with Gasteiger partial charge in [0.1, 0.15) is 0 Å². The molecule has 0 bridgehead atoms. The molecule has 1 saturated carbocycles. The van der Waals surface area contributed by atoms with Crippen LogP contribution in [0.25, 0.3) is 0 Å². The van der Waals surface area contributed by atoms with E-state index in [2.05, 4.69) is 5.32 Å². The van der Waals surface area contributed by atoms with Crippen molar-refractivity contribution >= 4 is 33.2 Å². The Morgan fingerprint density at radius 2 is 1.69 bits per heavy atom. The number of likely N-dealkylation sites (tertiary alicyclic amines) is 1. The zero-order valence-electron chi connectivity index (χ0n) is 19.0. The fraction of sp³-hybridized carbons (Fsp3) is 0.652. The van der Waals surface area contributed by atoms with Gasteiger partial charge >= 0.3 is 0 Å². The molecule has 3 aliphatic rings. The van der Waals surface area contributed by atoms with E-state index in [9.17, 15) is 18.0 Å². The van der Waals surface area contributed by atoms with Crippen LogP contribution in [-0.4, -0.2) is 69.7 Å². The molecule has 2 aliphatic heterocycles. The Labute approximate surface area is 191 Å². The molecule has 2 saturated heterocycles. The van der Waals surface area contributed by atoms with E-state index in [0.717, 1.165) is 50.6 Å². The fourth-order valence-electron chi connectivity index (χ4n) is 4.63. The minimum Gasteiger partial charge on any atom is -0.376 e. The van der Waals surface area contributed by atoms with E-state index in [1.807, 2.05) is 23.9 Å². The van der Waals surface area contributed by atoms with Crippen molar-refractivity contribution in [3.63, 3.8) is 0 Å². The molecular weight excluding hydrogens is 428 g/mol. The van der Waals surface area contributed by atoms with Gasteiger partial charge in [-0.25, -0.2) is 8.42 Å². The minimum absolute atomic E-state index is 0.147. The van der Waals surface area contributed by atoms with Gasteiger partial charge in [0.25, 0.3) is 0 Å². The van der Waals surface area contributed by atoms with E-state index in [1.54, 1.807) is 18.2 Å². The normalized spacial score (nSPS) is 22.4. The number of hydrogen-bond acceptors (Lipinski definition) is 5. The predicted octanol–water partition coefficient (Wildman–Crippen LogP) is 2.51. The van der Waals surface area contributed by atoms with Gasteiger partial charge < -0.3 is 15.1 Å². The summed E-state index contributed by atoms with van der Waals surface area (Å²) in [5, 5.41) is 2.98. The van der Waals surface area contributed by atoms with Gasteiger partial charge in [-0.05, 0) is 56.7 Å². The van der Waals surface area contributed by atoms with Crippen molar-refractivity contribution in [2.45, 2.75) is 49.8 Å². The molecule has 1 atom stereocenters. The van der Waals surface area contributed by atoms with Crippen molar-refractivity contribution in [3.05, 3.63) is 18.2 Å². The highest BCUT2D eigenvalue weighted by Crippen LogP contribution is 2.34. The van der Waals surface area contributed by atoms with Gasteiger partial charge in [-0.3, -0.25) is 9.59 Å². The number of carbonyl (C=O) groups excluding carboxylic acids is 2. The zero-order valence-corrected chi connectivity index (χ0v) is 19.9. The van der Waals surface area contributed by atoms with E-state index >= 15 is 0 Å². The molecule has 32 heavy (non-hydrogen) atoms. The van der Waals surface area contributed by atoms with Crippen LogP contribution in [0, 0.1) is 11.8 Å². The lowest BCUT2D eigenvalue weighted by atomic mass is 9.96. The van der Waals surface area contributed by atoms with Crippen LogP contribution in [0.3, 0.4) is 0 Å². The van der Waals surface area contributed by atoms with E-state index < -0.39 is 10.0 Å². The molecule has 2 amide bonds. The summed E-state index contributed by atoms with van der Waals surface area (Å²) in [6.45, 7) is 2.22. The fourth-order valence-corrected chi connectivity index (χ4v) is 6.18. The van der Waals surface area contributed by atoms with Crippen molar-refractivity contribution in [1.82, 2.24) is 9.21 Å². The molecule has 1 unspecified atom stereocenters.